The summed E-state index contributed by atoms with van der Waals surface area (Å²) in [7, 11) is 4.94. The molecule has 0 aromatic heterocycles. The lowest BCUT2D eigenvalue weighted by molar-refractivity contribution is -0.127. The van der Waals surface area contributed by atoms with Crippen LogP contribution in [0.25, 0.3) is 0 Å². The largest absolute Gasteiger partial charge is 0.497 e. The number of thioether (sulfide) groups is 1. The summed E-state index contributed by atoms with van der Waals surface area (Å²) in [6.07, 6.45) is 0.930. The molecule has 144 valence electrons. The first kappa shape index (κ1) is 19.4. The van der Waals surface area contributed by atoms with E-state index in [9.17, 15) is 4.79 Å². The molecule has 0 bridgehead atoms. The van der Waals surface area contributed by atoms with Crippen LogP contribution in [0.3, 0.4) is 0 Å². The van der Waals surface area contributed by atoms with E-state index < -0.39 is 0 Å². The van der Waals surface area contributed by atoms with Gasteiger partial charge < -0.3 is 19.1 Å². The molecule has 1 heterocycles. The van der Waals surface area contributed by atoms with E-state index in [1.54, 1.807) is 21.3 Å². The van der Waals surface area contributed by atoms with Crippen LogP contribution < -0.4 is 14.2 Å². The third-order valence-electron chi connectivity index (χ3n) is 4.82. The number of amides is 1. The number of benzene rings is 2. The Morgan fingerprint density at radius 1 is 1.11 bits per heavy atom. The molecule has 1 fully saturated rings. The summed E-state index contributed by atoms with van der Waals surface area (Å²) >= 11 is 1.54. The summed E-state index contributed by atoms with van der Waals surface area (Å²) in [4.78, 5) is 15.6. The molecular formula is C21H25NO4S. The molecule has 1 unspecified atom stereocenters. The Morgan fingerprint density at radius 2 is 1.93 bits per heavy atom. The normalized spacial score (nSPS) is 16.3. The van der Waals surface area contributed by atoms with Gasteiger partial charge in [-0.3, -0.25) is 4.79 Å². The first-order valence-electron chi connectivity index (χ1n) is 8.91. The molecule has 0 saturated carbocycles. The zero-order valence-corrected chi connectivity index (χ0v) is 16.8. The quantitative estimate of drug-likeness (QED) is 0.676. The van der Waals surface area contributed by atoms with Crippen LogP contribution >= 0.6 is 11.8 Å². The Balaban J connectivity index is 1.61. The second-order valence-electron chi connectivity index (χ2n) is 6.38. The van der Waals surface area contributed by atoms with Crippen LogP contribution in [-0.4, -0.2) is 51.0 Å². The summed E-state index contributed by atoms with van der Waals surface area (Å²) in [5, 5.41) is 0. The maximum absolute atomic E-state index is 12.6. The van der Waals surface area contributed by atoms with Crippen LogP contribution in [0, 0.1) is 0 Å². The van der Waals surface area contributed by atoms with Gasteiger partial charge in [-0.2, -0.15) is 0 Å². The van der Waals surface area contributed by atoms with E-state index in [0.717, 1.165) is 40.7 Å². The van der Waals surface area contributed by atoms with Crippen LogP contribution in [0.2, 0.25) is 0 Å². The minimum Gasteiger partial charge on any atom is -0.497 e. The van der Waals surface area contributed by atoms with Crippen molar-refractivity contribution in [3.8, 4) is 17.2 Å². The molecular weight excluding hydrogens is 362 g/mol. The van der Waals surface area contributed by atoms with Gasteiger partial charge in [0.1, 0.15) is 5.75 Å². The molecule has 1 aliphatic rings. The number of likely N-dealkylation sites (tertiary alicyclic amines) is 1. The van der Waals surface area contributed by atoms with Crippen LogP contribution in [0.5, 0.6) is 17.2 Å². The Kier molecular flexibility index (Phi) is 6.50. The highest BCUT2D eigenvalue weighted by molar-refractivity contribution is 8.00. The van der Waals surface area contributed by atoms with Gasteiger partial charge in [-0.05, 0) is 30.7 Å². The van der Waals surface area contributed by atoms with Gasteiger partial charge in [0.05, 0.1) is 27.1 Å². The molecule has 3 rings (SSSR count). The average molecular weight is 388 g/mol. The fraction of sp³-hybridized carbons (Fsp3) is 0.381. The van der Waals surface area contributed by atoms with Gasteiger partial charge in [-0.25, -0.2) is 0 Å². The van der Waals surface area contributed by atoms with Crippen molar-refractivity contribution in [3.63, 3.8) is 0 Å². The second-order valence-corrected chi connectivity index (χ2v) is 7.42. The molecule has 1 atom stereocenters. The van der Waals surface area contributed by atoms with Crippen LogP contribution in [-0.2, 0) is 4.79 Å². The minimum absolute atomic E-state index is 0.159. The van der Waals surface area contributed by atoms with E-state index in [1.807, 2.05) is 41.3 Å². The molecule has 1 saturated heterocycles. The van der Waals surface area contributed by atoms with Crippen LogP contribution in [0.1, 0.15) is 17.9 Å². The molecule has 0 radical (unpaired) electrons. The molecule has 1 aliphatic heterocycles. The molecule has 0 N–H and O–H groups in total. The van der Waals surface area contributed by atoms with Gasteiger partial charge >= 0.3 is 0 Å². The maximum Gasteiger partial charge on any atom is 0.232 e. The molecule has 27 heavy (non-hydrogen) atoms. The van der Waals surface area contributed by atoms with Gasteiger partial charge in [-0.1, -0.05) is 18.2 Å². The molecule has 6 heteroatoms. The number of carbonyl (C=O) groups is 1. The number of methoxy groups -OCH3 is 3. The number of nitrogens with zero attached hydrogens (tertiary/aromatic N) is 1. The van der Waals surface area contributed by atoms with Gasteiger partial charge in [0.25, 0.3) is 0 Å². The molecule has 2 aromatic rings. The van der Waals surface area contributed by atoms with Crippen molar-refractivity contribution in [1.29, 1.82) is 0 Å². The molecule has 1 amide bonds. The predicted molar refractivity (Wildman–Crippen MR) is 107 cm³/mol. The van der Waals surface area contributed by atoms with E-state index >= 15 is 0 Å². The summed E-state index contributed by atoms with van der Waals surface area (Å²) in [6.45, 7) is 1.48. The summed E-state index contributed by atoms with van der Waals surface area (Å²) < 4.78 is 16.2. The van der Waals surface area contributed by atoms with Gasteiger partial charge in [0.15, 0.2) is 11.5 Å². The zero-order valence-electron chi connectivity index (χ0n) is 15.9. The fourth-order valence-corrected chi connectivity index (χ4v) is 4.25. The van der Waals surface area contributed by atoms with Crippen molar-refractivity contribution >= 4 is 17.7 Å². The van der Waals surface area contributed by atoms with Crippen molar-refractivity contribution in [2.45, 2.75) is 17.2 Å². The average Bonchev–Trinajstić information content (AvgIpc) is 3.21. The molecule has 2 aromatic carbocycles. The highest BCUT2D eigenvalue weighted by atomic mass is 32.2. The number of rotatable bonds is 7. The van der Waals surface area contributed by atoms with Crippen molar-refractivity contribution in [2.75, 3.05) is 40.2 Å². The molecule has 5 nitrogen and oxygen atoms in total. The number of ether oxygens (including phenoxy) is 3. The van der Waals surface area contributed by atoms with Crippen LogP contribution in [0.15, 0.2) is 47.4 Å². The van der Waals surface area contributed by atoms with E-state index in [2.05, 4.69) is 6.07 Å². The van der Waals surface area contributed by atoms with Gasteiger partial charge in [-0.15, -0.1) is 11.8 Å². The lowest BCUT2D eigenvalue weighted by Crippen LogP contribution is -2.30. The number of hydrogen-bond donors (Lipinski definition) is 0. The Labute approximate surface area is 164 Å². The predicted octanol–water partition coefficient (Wildman–Crippen LogP) is 3.82. The Morgan fingerprint density at radius 3 is 2.67 bits per heavy atom. The highest BCUT2D eigenvalue weighted by Crippen LogP contribution is 2.39. The SMILES string of the molecule is COc1cccc(SCC(=O)N2CCC(c3cccc(OC)c3OC)C2)c1. The van der Waals surface area contributed by atoms with Crippen molar-refractivity contribution in [2.24, 2.45) is 0 Å². The highest BCUT2D eigenvalue weighted by Gasteiger charge is 2.29. The topological polar surface area (TPSA) is 48.0 Å². The standard InChI is InChI=1S/C21H25NO4S/c1-24-16-6-4-7-17(12-16)27-14-20(23)22-11-10-15(13-22)18-8-5-9-19(25-2)21(18)26-3/h4-9,12,15H,10-11,13-14H2,1-3H3. The third kappa shape index (κ3) is 4.50. The number of hydrogen-bond acceptors (Lipinski definition) is 5. The monoisotopic (exact) mass is 387 g/mol. The number of carbonyl (C=O) groups excluding carboxylic acids is 1. The summed E-state index contributed by atoms with van der Waals surface area (Å²) in [5.41, 5.74) is 1.10. The second kappa shape index (κ2) is 9.04. The van der Waals surface area contributed by atoms with Crippen LogP contribution in [0.4, 0.5) is 0 Å². The first-order valence-corrected chi connectivity index (χ1v) is 9.90. The van der Waals surface area contributed by atoms with Crippen molar-refractivity contribution < 1.29 is 19.0 Å². The lowest BCUT2D eigenvalue weighted by atomic mass is 9.97. The maximum atomic E-state index is 12.6. The Hall–Kier alpha value is -2.34. The Bertz CT molecular complexity index is 796. The van der Waals surface area contributed by atoms with E-state index in [0.29, 0.717) is 12.3 Å². The minimum atomic E-state index is 0.159. The smallest absolute Gasteiger partial charge is 0.232 e. The summed E-state index contributed by atoms with van der Waals surface area (Å²) in [6, 6.07) is 13.7. The fourth-order valence-electron chi connectivity index (χ4n) is 3.40. The number of para-hydroxylation sites is 1. The molecule has 0 aliphatic carbocycles. The first-order chi connectivity index (χ1) is 13.2. The molecule has 0 spiro atoms. The van der Waals surface area contributed by atoms with Crippen molar-refractivity contribution in [3.05, 3.63) is 48.0 Å². The van der Waals surface area contributed by atoms with E-state index in [4.69, 9.17) is 14.2 Å². The summed E-state index contributed by atoms with van der Waals surface area (Å²) in [5.74, 6) is 3.15. The van der Waals surface area contributed by atoms with Crippen molar-refractivity contribution in [1.82, 2.24) is 4.90 Å². The van der Waals surface area contributed by atoms with Gasteiger partial charge in [0, 0.05) is 29.5 Å². The van der Waals surface area contributed by atoms with E-state index in [-0.39, 0.29) is 11.8 Å². The van der Waals surface area contributed by atoms with E-state index in [1.165, 1.54) is 11.8 Å². The third-order valence-corrected chi connectivity index (χ3v) is 5.80. The lowest BCUT2D eigenvalue weighted by Gasteiger charge is -2.19. The zero-order chi connectivity index (χ0) is 19.2. The van der Waals surface area contributed by atoms with Gasteiger partial charge in [0.2, 0.25) is 5.91 Å².